The standard InChI is InChI=1S/C10H7NO2/c11-5-7-3-8-4-9(12)1-2-10(8)13-6-7/h1-4,12H,6H2. The Bertz CT molecular complexity index is 415. The van der Waals surface area contributed by atoms with E-state index in [9.17, 15) is 5.11 Å². The van der Waals surface area contributed by atoms with Crippen molar-refractivity contribution in [3.8, 4) is 17.6 Å². The number of hydrogen-bond acceptors (Lipinski definition) is 3. The van der Waals surface area contributed by atoms with Gasteiger partial charge in [0, 0.05) is 5.56 Å². The third-order valence-electron chi connectivity index (χ3n) is 1.85. The van der Waals surface area contributed by atoms with Gasteiger partial charge in [0.15, 0.2) is 0 Å². The van der Waals surface area contributed by atoms with Crippen molar-refractivity contribution in [1.82, 2.24) is 0 Å². The number of aromatic hydroxyl groups is 1. The van der Waals surface area contributed by atoms with E-state index < -0.39 is 0 Å². The number of hydrogen-bond donors (Lipinski definition) is 1. The summed E-state index contributed by atoms with van der Waals surface area (Å²) >= 11 is 0. The number of nitrogens with zero attached hydrogens (tertiary/aromatic N) is 1. The molecule has 0 aromatic heterocycles. The van der Waals surface area contributed by atoms with Crippen molar-refractivity contribution in [2.75, 3.05) is 6.61 Å². The molecule has 1 N–H and O–H groups in total. The number of fused-ring (bicyclic) bond motifs is 1. The van der Waals surface area contributed by atoms with Gasteiger partial charge >= 0.3 is 0 Å². The Labute approximate surface area is 75.5 Å². The summed E-state index contributed by atoms with van der Waals surface area (Å²) in [6, 6.07) is 6.84. The lowest BCUT2D eigenvalue weighted by Gasteiger charge is -2.13. The third kappa shape index (κ3) is 1.34. The van der Waals surface area contributed by atoms with Gasteiger partial charge < -0.3 is 9.84 Å². The second-order valence-corrected chi connectivity index (χ2v) is 2.79. The molecule has 0 amide bonds. The molecule has 0 bridgehead atoms. The highest BCUT2D eigenvalue weighted by atomic mass is 16.5. The minimum atomic E-state index is 0.179. The van der Waals surface area contributed by atoms with E-state index in [0.717, 1.165) is 5.56 Å². The lowest BCUT2D eigenvalue weighted by atomic mass is 10.1. The summed E-state index contributed by atoms with van der Waals surface area (Å²) in [5.74, 6) is 0.884. The maximum absolute atomic E-state index is 9.18. The fourth-order valence-corrected chi connectivity index (χ4v) is 1.23. The van der Waals surface area contributed by atoms with E-state index in [1.807, 2.05) is 6.07 Å². The van der Waals surface area contributed by atoms with Gasteiger partial charge in [-0.15, -0.1) is 0 Å². The van der Waals surface area contributed by atoms with Crippen LogP contribution in [0, 0.1) is 11.3 Å². The lowest BCUT2D eigenvalue weighted by Crippen LogP contribution is -2.05. The molecule has 3 nitrogen and oxygen atoms in total. The monoisotopic (exact) mass is 173 g/mol. The summed E-state index contributed by atoms with van der Waals surface area (Å²) in [6.45, 7) is 0.314. The SMILES string of the molecule is N#CC1=Cc2cc(O)ccc2OC1. The van der Waals surface area contributed by atoms with Gasteiger partial charge in [-0.3, -0.25) is 0 Å². The third-order valence-corrected chi connectivity index (χ3v) is 1.85. The van der Waals surface area contributed by atoms with Crippen LogP contribution in [0.15, 0.2) is 23.8 Å². The van der Waals surface area contributed by atoms with Crippen LogP contribution in [0.1, 0.15) is 5.56 Å². The van der Waals surface area contributed by atoms with Gasteiger partial charge in [0.2, 0.25) is 0 Å². The van der Waals surface area contributed by atoms with Crippen molar-refractivity contribution >= 4 is 6.08 Å². The first-order valence-electron chi connectivity index (χ1n) is 3.86. The molecule has 0 aliphatic carbocycles. The Morgan fingerprint density at radius 2 is 2.31 bits per heavy atom. The molecule has 0 fully saturated rings. The Morgan fingerprint density at radius 1 is 1.46 bits per heavy atom. The number of rotatable bonds is 0. The van der Waals surface area contributed by atoms with E-state index in [4.69, 9.17) is 10.00 Å². The maximum atomic E-state index is 9.18. The minimum absolute atomic E-state index is 0.179. The van der Waals surface area contributed by atoms with E-state index in [2.05, 4.69) is 0 Å². The molecule has 1 aromatic rings. The van der Waals surface area contributed by atoms with Gasteiger partial charge in [-0.05, 0) is 24.3 Å². The van der Waals surface area contributed by atoms with Crippen LogP contribution < -0.4 is 4.74 Å². The fraction of sp³-hybridized carbons (Fsp3) is 0.100. The van der Waals surface area contributed by atoms with Crippen molar-refractivity contribution in [1.29, 1.82) is 5.26 Å². The van der Waals surface area contributed by atoms with Crippen LogP contribution in [-0.4, -0.2) is 11.7 Å². The second kappa shape index (κ2) is 2.83. The first kappa shape index (κ1) is 7.69. The van der Waals surface area contributed by atoms with E-state index in [1.54, 1.807) is 24.3 Å². The number of benzene rings is 1. The topological polar surface area (TPSA) is 53.2 Å². The van der Waals surface area contributed by atoms with Gasteiger partial charge in [-0.1, -0.05) is 0 Å². The minimum Gasteiger partial charge on any atom is -0.508 e. The quantitative estimate of drug-likeness (QED) is 0.649. The van der Waals surface area contributed by atoms with Crippen LogP contribution in [0.5, 0.6) is 11.5 Å². The molecule has 64 valence electrons. The molecular weight excluding hydrogens is 166 g/mol. The van der Waals surface area contributed by atoms with Crippen molar-refractivity contribution in [2.45, 2.75) is 0 Å². The fourth-order valence-electron chi connectivity index (χ4n) is 1.23. The van der Waals surface area contributed by atoms with Gasteiger partial charge in [0.05, 0.1) is 11.6 Å². The first-order chi connectivity index (χ1) is 6.29. The number of phenols is 1. The predicted octanol–water partition coefficient (Wildman–Crippen LogP) is 1.69. The Kier molecular flexibility index (Phi) is 1.67. The maximum Gasteiger partial charge on any atom is 0.127 e. The highest BCUT2D eigenvalue weighted by Crippen LogP contribution is 2.28. The highest BCUT2D eigenvalue weighted by molar-refractivity contribution is 5.66. The van der Waals surface area contributed by atoms with Crippen LogP contribution >= 0.6 is 0 Å². The smallest absolute Gasteiger partial charge is 0.127 e. The summed E-state index contributed by atoms with van der Waals surface area (Å²) in [7, 11) is 0. The van der Waals surface area contributed by atoms with Crippen molar-refractivity contribution in [2.24, 2.45) is 0 Å². The van der Waals surface area contributed by atoms with E-state index >= 15 is 0 Å². The van der Waals surface area contributed by atoms with E-state index in [-0.39, 0.29) is 5.75 Å². The Balaban J connectivity index is 2.51. The summed E-state index contributed by atoms with van der Waals surface area (Å²) in [5, 5.41) is 17.8. The highest BCUT2D eigenvalue weighted by Gasteiger charge is 2.10. The van der Waals surface area contributed by atoms with Gasteiger partial charge in [-0.2, -0.15) is 5.26 Å². The van der Waals surface area contributed by atoms with Crippen molar-refractivity contribution in [3.63, 3.8) is 0 Å². The summed E-state index contributed by atoms with van der Waals surface area (Å²) < 4.78 is 5.28. The molecule has 13 heavy (non-hydrogen) atoms. The number of ether oxygens (including phenoxy) is 1. The number of phenolic OH excluding ortho intramolecular Hbond substituents is 1. The molecule has 1 aliphatic rings. The van der Waals surface area contributed by atoms with Gasteiger partial charge in [0.1, 0.15) is 18.1 Å². The molecule has 0 atom stereocenters. The van der Waals surface area contributed by atoms with E-state index in [1.165, 1.54) is 0 Å². The van der Waals surface area contributed by atoms with Crippen LogP contribution in [0.4, 0.5) is 0 Å². The molecule has 3 heteroatoms. The average molecular weight is 173 g/mol. The second-order valence-electron chi connectivity index (χ2n) is 2.79. The summed E-state index contributed by atoms with van der Waals surface area (Å²) in [4.78, 5) is 0. The molecule has 1 aromatic carbocycles. The molecule has 0 spiro atoms. The zero-order valence-electron chi connectivity index (χ0n) is 6.82. The average Bonchev–Trinajstić information content (AvgIpc) is 2.16. The molecule has 0 saturated carbocycles. The van der Waals surface area contributed by atoms with Gasteiger partial charge in [0.25, 0.3) is 0 Å². The molecule has 0 radical (unpaired) electrons. The molecule has 2 rings (SSSR count). The normalized spacial score (nSPS) is 13.6. The molecular formula is C10H7NO2. The van der Waals surface area contributed by atoms with Crippen LogP contribution in [0.2, 0.25) is 0 Å². The Morgan fingerprint density at radius 3 is 3.08 bits per heavy atom. The van der Waals surface area contributed by atoms with E-state index in [0.29, 0.717) is 17.9 Å². The largest absolute Gasteiger partial charge is 0.508 e. The number of nitriles is 1. The van der Waals surface area contributed by atoms with Gasteiger partial charge in [-0.25, -0.2) is 0 Å². The molecule has 0 unspecified atom stereocenters. The summed E-state index contributed by atoms with van der Waals surface area (Å²) in [6.07, 6.45) is 1.72. The molecule has 0 saturated heterocycles. The zero-order chi connectivity index (χ0) is 9.26. The van der Waals surface area contributed by atoms with Crippen molar-refractivity contribution in [3.05, 3.63) is 29.3 Å². The molecule has 1 heterocycles. The Hall–Kier alpha value is -1.95. The first-order valence-corrected chi connectivity index (χ1v) is 3.86. The zero-order valence-corrected chi connectivity index (χ0v) is 6.82. The predicted molar refractivity (Wildman–Crippen MR) is 47.2 cm³/mol. The summed E-state index contributed by atoms with van der Waals surface area (Å²) in [5.41, 5.74) is 1.32. The van der Waals surface area contributed by atoms with Crippen molar-refractivity contribution < 1.29 is 9.84 Å². The lowest BCUT2D eigenvalue weighted by molar-refractivity contribution is 0.350. The molecule has 1 aliphatic heterocycles. The van der Waals surface area contributed by atoms with Crippen LogP contribution in [0.25, 0.3) is 6.08 Å². The van der Waals surface area contributed by atoms with Crippen LogP contribution in [-0.2, 0) is 0 Å². The van der Waals surface area contributed by atoms with Crippen LogP contribution in [0.3, 0.4) is 0 Å².